The van der Waals surface area contributed by atoms with E-state index in [1.54, 1.807) is 9.80 Å². The molecule has 7 nitrogen and oxygen atoms in total. The lowest BCUT2D eigenvalue weighted by Gasteiger charge is -2.40. The largest absolute Gasteiger partial charge is 0.481 e. The maximum atomic E-state index is 12.2. The van der Waals surface area contributed by atoms with E-state index >= 15 is 0 Å². The molecule has 1 saturated carbocycles. The highest BCUT2D eigenvalue weighted by molar-refractivity contribution is 5.86. The molecule has 2 aliphatic rings. The smallest absolute Gasteiger partial charge is 0.317 e. The molecule has 1 aliphatic carbocycles. The van der Waals surface area contributed by atoms with E-state index in [2.05, 4.69) is 5.32 Å². The highest BCUT2D eigenvalue weighted by Gasteiger charge is 2.43. The first-order valence-corrected chi connectivity index (χ1v) is 7.09. The van der Waals surface area contributed by atoms with E-state index in [1.165, 1.54) is 0 Å². The molecular weight excluding hydrogens is 262 g/mol. The van der Waals surface area contributed by atoms with E-state index in [1.807, 2.05) is 6.92 Å². The minimum absolute atomic E-state index is 0.0702. The molecule has 1 saturated heterocycles. The number of nitrogens with one attached hydrogen (secondary N) is 1. The summed E-state index contributed by atoms with van der Waals surface area (Å²) in [4.78, 5) is 38.2. The van der Waals surface area contributed by atoms with Gasteiger partial charge in [0.25, 0.3) is 0 Å². The minimum atomic E-state index is -0.879. The molecule has 2 unspecified atom stereocenters. The summed E-state index contributed by atoms with van der Waals surface area (Å²) in [6.07, 6.45) is 1.25. The van der Waals surface area contributed by atoms with E-state index < -0.39 is 11.9 Å². The van der Waals surface area contributed by atoms with Gasteiger partial charge in [-0.25, -0.2) is 4.79 Å². The van der Waals surface area contributed by atoms with E-state index in [9.17, 15) is 14.4 Å². The number of carbonyl (C=O) groups is 3. The van der Waals surface area contributed by atoms with Crippen molar-refractivity contribution < 1.29 is 19.5 Å². The summed E-state index contributed by atoms with van der Waals surface area (Å²) in [7, 11) is 0. The second-order valence-electron chi connectivity index (χ2n) is 5.28. The fourth-order valence-electron chi connectivity index (χ4n) is 2.72. The lowest BCUT2D eigenvalue weighted by atomic mass is 9.73. The fraction of sp³-hybridized carbons (Fsp3) is 0.769. The molecule has 0 aromatic carbocycles. The molecular formula is C13H21N3O4. The summed E-state index contributed by atoms with van der Waals surface area (Å²) in [5.74, 6) is -1.85. The van der Waals surface area contributed by atoms with Crippen LogP contribution in [0.1, 0.15) is 19.8 Å². The van der Waals surface area contributed by atoms with Crippen LogP contribution in [0.15, 0.2) is 0 Å². The lowest BCUT2D eigenvalue weighted by molar-refractivity contribution is -0.157. The van der Waals surface area contributed by atoms with Gasteiger partial charge < -0.3 is 20.2 Å². The summed E-state index contributed by atoms with van der Waals surface area (Å²) in [5.41, 5.74) is 0. The lowest BCUT2D eigenvalue weighted by Crippen LogP contribution is -2.56. The first-order valence-electron chi connectivity index (χ1n) is 7.09. The highest BCUT2D eigenvalue weighted by Crippen LogP contribution is 2.36. The number of amides is 3. The average molecular weight is 283 g/mol. The Morgan fingerprint density at radius 1 is 1.05 bits per heavy atom. The molecule has 112 valence electrons. The molecule has 0 aromatic rings. The maximum absolute atomic E-state index is 12.2. The fourth-order valence-corrected chi connectivity index (χ4v) is 2.72. The molecule has 1 heterocycles. The summed E-state index contributed by atoms with van der Waals surface area (Å²) in [6, 6.07) is -0.105. The van der Waals surface area contributed by atoms with E-state index in [4.69, 9.17) is 5.11 Å². The number of aliphatic carboxylic acids is 1. The van der Waals surface area contributed by atoms with Crippen molar-refractivity contribution >= 4 is 17.9 Å². The van der Waals surface area contributed by atoms with Gasteiger partial charge in [0.15, 0.2) is 0 Å². The van der Waals surface area contributed by atoms with Crippen LogP contribution in [0.3, 0.4) is 0 Å². The molecule has 2 atom stereocenters. The van der Waals surface area contributed by atoms with E-state index in [0.29, 0.717) is 45.6 Å². The molecule has 3 amide bonds. The number of carbonyl (C=O) groups excluding carboxylic acids is 2. The Labute approximate surface area is 117 Å². The molecule has 0 aromatic heterocycles. The second kappa shape index (κ2) is 6.11. The van der Waals surface area contributed by atoms with Crippen LogP contribution in [-0.2, 0) is 9.59 Å². The molecule has 0 radical (unpaired) electrons. The van der Waals surface area contributed by atoms with Gasteiger partial charge in [-0.3, -0.25) is 9.59 Å². The number of nitrogens with zero attached hydrogens (tertiary/aromatic N) is 2. The monoisotopic (exact) mass is 283 g/mol. The molecule has 0 bridgehead atoms. The SMILES string of the molecule is CCNC(=O)N1CCN(C(=O)C2CCC2C(=O)O)CC1. The van der Waals surface area contributed by atoms with Gasteiger partial charge in [0.2, 0.25) is 5.91 Å². The minimum Gasteiger partial charge on any atom is -0.481 e. The van der Waals surface area contributed by atoms with Gasteiger partial charge in [-0.1, -0.05) is 0 Å². The third kappa shape index (κ3) is 2.86. The quantitative estimate of drug-likeness (QED) is 0.761. The van der Waals surface area contributed by atoms with Crippen molar-refractivity contribution in [1.29, 1.82) is 0 Å². The van der Waals surface area contributed by atoms with Crippen LogP contribution in [0.25, 0.3) is 0 Å². The van der Waals surface area contributed by atoms with Gasteiger partial charge in [-0.2, -0.15) is 0 Å². The number of hydrogen-bond acceptors (Lipinski definition) is 3. The number of carboxylic acids is 1. The van der Waals surface area contributed by atoms with Gasteiger partial charge in [-0.15, -0.1) is 0 Å². The van der Waals surface area contributed by atoms with E-state index in [-0.39, 0.29) is 17.9 Å². The van der Waals surface area contributed by atoms with Crippen molar-refractivity contribution in [1.82, 2.24) is 15.1 Å². The number of urea groups is 1. The Hall–Kier alpha value is -1.79. The maximum Gasteiger partial charge on any atom is 0.317 e. The third-order valence-corrected chi connectivity index (χ3v) is 4.12. The Morgan fingerprint density at radius 3 is 2.05 bits per heavy atom. The van der Waals surface area contributed by atoms with Crippen molar-refractivity contribution in [3.8, 4) is 0 Å². The standard InChI is InChI=1S/C13H21N3O4/c1-2-14-13(20)16-7-5-15(6-8-16)11(17)9-3-4-10(9)12(18)19/h9-10H,2-8H2,1H3,(H,14,20)(H,18,19). The predicted octanol–water partition coefficient (Wildman–Crippen LogP) is -0.0291. The van der Waals surface area contributed by atoms with Gasteiger partial charge in [0.1, 0.15) is 0 Å². The molecule has 7 heteroatoms. The van der Waals surface area contributed by atoms with Crippen LogP contribution in [0.5, 0.6) is 0 Å². The number of carboxylic acid groups (broad SMARTS) is 1. The number of piperazine rings is 1. The Kier molecular flexibility index (Phi) is 4.46. The Morgan fingerprint density at radius 2 is 1.60 bits per heavy atom. The highest BCUT2D eigenvalue weighted by atomic mass is 16.4. The first-order chi connectivity index (χ1) is 9.54. The topological polar surface area (TPSA) is 90.0 Å². The second-order valence-corrected chi connectivity index (χ2v) is 5.28. The van der Waals surface area contributed by atoms with Crippen molar-refractivity contribution in [2.45, 2.75) is 19.8 Å². The van der Waals surface area contributed by atoms with Crippen molar-refractivity contribution in [3.63, 3.8) is 0 Å². The van der Waals surface area contributed by atoms with E-state index in [0.717, 1.165) is 0 Å². The van der Waals surface area contributed by atoms with Gasteiger partial charge in [-0.05, 0) is 19.8 Å². The number of hydrogen-bond donors (Lipinski definition) is 2. The summed E-state index contributed by atoms with van der Waals surface area (Å²) in [5, 5.41) is 11.7. The number of rotatable bonds is 3. The zero-order valence-corrected chi connectivity index (χ0v) is 11.7. The molecule has 2 fully saturated rings. The van der Waals surface area contributed by atoms with Crippen LogP contribution in [0.4, 0.5) is 4.79 Å². The van der Waals surface area contributed by atoms with Crippen LogP contribution in [0, 0.1) is 11.8 Å². The molecule has 20 heavy (non-hydrogen) atoms. The average Bonchev–Trinajstić information content (AvgIpc) is 2.37. The summed E-state index contributed by atoms with van der Waals surface area (Å²) in [6.45, 7) is 4.42. The normalized spacial score (nSPS) is 25.9. The molecule has 2 rings (SSSR count). The van der Waals surface area contributed by atoms with Crippen molar-refractivity contribution in [3.05, 3.63) is 0 Å². The Balaban J connectivity index is 1.83. The molecule has 0 spiro atoms. The zero-order chi connectivity index (χ0) is 14.7. The van der Waals surface area contributed by atoms with Crippen molar-refractivity contribution in [2.24, 2.45) is 11.8 Å². The zero-order valence-electron chi connectivity index (χ0n) is 11.7. The summed E-state index contributed by atoms with van der Waals surface area (Å²) >= 11 is 0. The third-order valence-electron chi connectivity index (χ3n) is 4.12. The van der Waals surface area contributed by atoms with Crippen LogP contribution in [-0.4, -0.2) is 65.5 Å². The predicted molar refractivity (Wildman–Crippen MR) is 71.1 cm³/mol. The van der Waals surface area contributed by atoms with Gasteiger partial charge in [0, 0.05) is 32.7 Å². The van der Waals surface area contributed by atoms with Crippen molar-refractivity contribution in [2.75, 3.05) is 32.7 Å². The van der Waals surface area contributed by atoms with Gasteiger partial charge in [0.05, 0.1) is 11.8 Å². The first kappa shape index (κ1) is 14.6. The van der Waals surface area contributed by atoms with Gasteiger partial charge >= 0.3 is 12.0 Å². The Bertz CT molecular complexity index is 404. The summed E-state index contributed by atoms with van der Waals surface area (Å²) < 4.78 is 0. The molecule has 1 aliphatic heterocycles. The molecule has 2 N–H and O–H groups in total. The van der Waals surface area contributed by atoms with Crippen LogP contribution in [0.2, 0.25) is 0 Å². The van der Waals surface area contributed by atoms with Crippen LogP contribution >= 0.6 is 0 Å². The van der Waals surface area contributed by atoms with Crippen LogP contribution < -0.4 is 5.32 Å².